The Kier molecular flexibility index (Phi) is 7.74. The molecule has 0 aromatic heterocycles. The van der Waals surface area contributed by atoms with Gasteiger partial charge in [-0.1, -0.05) is 35.5 Å². The van der Waals surface area contributed by atoms with E-state index in [2.05, 4.69) is 26.0 Å². The lowest BCUT2D eigenvalue weighted by atomic mass is 9.72. The zero-order chi connectivity index (χ0) is 33.3. The lowest BCUT2D eigenvalue weighted by Crippen LogP contribution is -2.43. The first-order chi connectivity index (χ1) is 21.6. The zero-order valence-electron chi connectivity index (χ0n) is 27.9. The third kappa shape index (κ3) is 4.79. The summed E-state index contributed by atoms with van der Waals surface area (Å²) in [5, 5.41) is 11.8. The van der Waals surface area contributed by atoms with Crippen LogP contribution in [0.4, 0.5) is 0 Å². The number of phenolic OH excluding ortho intramolecular Hbond substituents is 1. The number of benzene rings is 1. The fourth-order valence-corrected chi connectivity index (χ4v) is 8.34. The van der Waals surface area contributed by atoms with Gasteiger partial charge in [0.05, 0.1) is 11.2 Å². The number of nitrogens with two attached hydrogens (primary N) is 1. The molecule has 46 heavy (non-hydrogen) atoms. The van der Waals surface area contributed by atoms with Crippen LogP contribution in [-0.2, 0) is 20.7 Å². The molecule has 8 heteroatoms. The van der Waals surface area contributed by atoms with E-state index >= 15 is 0 Å². The number of Topliss-reactive ketones (excluding diaryl/α,β-unsaturated/α-hetero) is 2. The van der Waals surface area contributed by atoms with Crippen molar-refractivity contribution in [3.05, 3.63) is 69.4 Å². The summed E-state index contributed by atoms with van der Waals surface area (Å²) in [7, 11) is 0. The molecule has 1 aromatic rings. The van der Waals surface area contributed by atoms with E-state index < -0.39 is 28.4 Å². The molecule has 244 valence electrons. The van der Waals surface area contributed by atoms with E-state index in [0.29, 0.717) is 53.0 Å². The van der Waals surface area contributed by atoms with Crippen LogP contribution in [0.5, 0.6) is 17.2 Å². The Bertz CT molecular complexity index is 1700. The van der Waals surface area contributed by atoms with Gasteiger partial charge in [-0.05, 0) is 92.7 Å². The second-order valence-corrected chi connectivity index (χ2v) is 14.6. The zero-order valence-corrected chi connectivity index (χ0v) is 27.9. The first-order valence-corrected chi connectivity index (χ1v) is 16.3. The summed E-state index contributed by atoms with van der Waals surface area (Å²) in [6, 6.07) is 0. The van der Waals surface area contributed by atoms with E-state index in [4.69, 9.17) is 19.9 Å². The van der Waals surface area contributed by atoms with Gasteiger partial charge in [0.15, 0.2) is 17.2 Å². The number of hydrogen-bond donors (Lipinski definition) is 2. The van der Waals surface area contributed by atoms with Gasteiger partial charge in [0, 0.05) is 34.0 Å². The standard InChI is InChI=1S/C38H45NO7/c1-20(2)9-8-10-24-12-14-25-30(41)29-31(42)27-17-23-18-37(16-15-22(5)34(39)43)35(36(6,7)44-19-28(23)40)38(27,37)46-33(29)26(32(25)45-24)13-11-21(3)4/h9,11-12,14-15,17,23-24,35,41H,8,10,13,16,18-19H2,1-7H3,(H2,39,43)/b22-15-/t23-,24-,35-,37-,38-/m1/s1. The highest BCUT2D eigenvalue weighted by Crippen LogP contribution is 2.79. The van der Waals surface area contributed by atoms with Crippen LogP contribution >= 0.6 is 0 Å². The van der Waals surface area contributed by atoms with Crippen LogP contribution in [0.25, 0.3) is 6.08 Å². The molecule has 3 N–H and O–H groups in total. The van der Waals surface area contributed by atoms with Crippen molar-refractivity contribution in [1.82, 2.24) is 0 Å². The van der Waals surface area contributed by atoms with Crippen molar-refractivity contribution in [2.75, 3.05) is 6.61 Å². The monoisotopic (exact) mass is 627 g/mol. The van der Waals surface area contributed by atoms with Crippen molar-refractivity contribution in [1.29, 1.82) is 0 Å². The van der Waals surface area contributed by atoms with Crippen molar-refractivity contribution in [2.24, 2.45) is 23.0 Å². The van der Waals surface area contributed by atoms with E-state index in [9.17, 15) is 19.5 Å². The summed E-state index contributed by atoms with van der Waals surface area (Å²) in [4.78, 5) is 40.2. The molecule has 3 heterocycles. The number of allylic oxidation sites excluding steroid dienone is 6. The summed E-state index contributed by atoms with van der Waals surface area (Å²) in [5.74, 6) is -1.22. The molecule has 1 spiro atoms. The summed E-state index contributed by atoms with van der Waals surface area (Å²) in [6.45, 7) is 13.6. The number of carbonyl (C=O) groups is 3. The second kappa shape index (κ2) is 11.1. The average Bonchev–Trinajstić information content (AvgIpc) is 3.58. The Hall–Kier alpha value is -3.91. The van der Waals surface area contributed by atoms with E-state index in [-0.39, 0.29) is 41.5 Å². The molecular weight excluding hydrogens is 582 g/mol. The molecule has 3 aliphatic heterocycles. The van der Waals surface area contributed by atoms with Crippen molar-refractivity contribution in [3.63, 3.8) is 0 Å². The minimum atomic E-state index is -1.14. The molecule has 1 saturated heterocycles. The number of primary amides is 1. The van der Waals surface area contributed by atoms with Crippen LogP contribution in [0.3, 0.4) is 0 Å². The predicted molar refractivity (Wildman–Crippen MR) is 176 cm³/mol. The number of rotatable bonds is 8. The number of ketones is 2. The molecule has 0 unspecified atom stereocenters. The Morgan fingerprint density at radius 3 is 2.46 bits per heavy atom. The van der Waals surface area contributed by atoms with E-state index in [1.54, 1.807) is 19.1 Å². The molecule has 1 saturated carbocycles. The van der Waals surface area contributed by atoms with Crippen molar-refractivity contribution >= 4 is 23.5 Å². The van der Waals surface area contributed by atoms with Crippen molar-refractivity contribution in [2.45, 2.75) is 97.9 Å². The summed E-state index contributed by atoms with van der Waals surface area (Å²) < 4.78 is 20.1. The van der Waals surface area contributed by atoms with E-state index in [1.165, 1.54) is 5.57 Å². The summed E-state index contributed by atoms with van der Waals surface area (Å²) in [5.41, 5.74) is 7.27. The Morgan fingerprint density at radius 2 is 1.78 bits per heavy atom. The highest BCUT2D eigenvalue weighted by atomic mass is 16.5. The maximum Gasteiger partial charge on any atom is 0.244 e. The quantitative estimate of drug-likeness (QED) is 0.249. The van der Waals surface area contributed by atoms with Crippen molar-refractivity contribution < 1.29 is 33.7 Å². The normalized spacial score (nSPS) is 29.8. The number of aromatic hydroxyl groups is 1. The second-order valence-electron chi connectivity index (χ2n) is 14.6. The number of ether oxygens (including phenoxy) is 3. The largest absolute Gasteiger partial charge is 0.506 e. The van der Waals surface area contributed by atoms with E-state index in [0.717, 1.165) is 18.4 Å². The maximum absolute atomic E-state index is 14.8. The molecule has 2 fully saturated rings. The number of phenols is 1. The Morgan fingerprint density at radius 1 is 1.07 bits per heavy atom. The van der Waals surface area contributed by atoms with Gasteiger partial charge in [-0.2, -0.15) is 0 Å². The van der Waals surface area contributed by atoms with E-state index in [1.807, 2.05) is 39.8 Å². The van der Waals surface area contributed by atoms with Crippen LogP contribution in [0, 0.1) is 17.3 Å². The number of carbonyl (C=O) groups excluding carboxylic acids is 3. The van der Waals surface area contributed by atoms with Gasteiger partial charge in [0.1, 0.15) is 35.5 Å². The lowest BCUT2D eigenvalue weighted by Gasteiger charge is -2.39. The fourth-order valence-electron chi connectivity index (χ4n) is 8.34. The fraction of sp³-hybridized carbons (Fsp3) is 0.500. The van der Waals surface area contributed by atoms with Crippen LogP contribution in [0.15, 0.2) is 52.7 Å². The molecule has 2 bridgehead atoms. The van der Waals surface area contributed by atoms with Gasteiger partial charge in [-0.15, -0.1) is 0 Å². The molecule has 8 nitrogen and oxygen atoms in total. The minimum Gasteiger partial charge on any atom is -0.506 e. The maximum atomic E-state index is 14.8. The minimum absolute atomic E-state index is 0.0699. The van der Waals surface area contributed by atoms with Gasteiger partial charge >= 0.3 is 0 Å². The highest BCUT2D eigenvalue weighted by molar-refractivity contribution is 6.17. The summed E-state index contributed by atoms with van der Waals surface area (Å²) >= 11 is 0. The van der Waals surface area contributed by atoms with Crippen molar-refractivity contribution in [3.8, 4) is 17.2 Å². The molecule has 5 atom stereocenters. The predicted octanol–water partition coefficient (Wildman–Crippen LogP) is 6.50. The highest BCUT2D eigenvalue weighted by Gasteiger charge is 2.87. The molecule has 6 rings (SSSR count). The third-order valence-electron chi connectivity index (χ3n) is 10.5. The van der Waals surface area contributed by atoms with Gasteiger partial charge in [0.25, 0.3) is 0 Å². The molecule has 1 aromatic carbocycles. The van der Waals surface area contributed by atoms with Crippen LogP contribution in [-0.4, -0.2) is 46.5 Å². The van der Waals surface area contributed by atoms with Crippen LogP contribution in [0.2, 0.25) is 0 Å². The van der Waals surface area contributed by atoms with Gasteiger partial charge in [-0.25, -0.2) is 0 Å². The first kappa shape index (κ1) is 32.0. The van der Waals surface area contributed by atoms with Gasteiger partial charge in [-0.3, -0.25) is 14.4 Å². The summed E-state index contributed by atoms with van der Waals surface area (Å²) in [6.07, 6.45) is 14.2. The Labute approximate surface area is 271 Å². The lowest BCUT2D eigenvalue weighted by molar-refractivity contribution is -0.137. The van der Waals surface area contributed by atoms with Crippen LogP contribution in [0.1, 0.15) is 95.6 Å². The number of hydrogen-bond acceptors (Lipinski definition) is 7. The topological polar surface area (TPSA) is 125 Å². The smallest absolute Gasteiger partial charge is 0.244 e. The number of amides is 1. The first-order valence-electron chi connectivity index (χ1n) is 16.3. The average molecular weight is 628 g/mol. The van der Waals surface area contributed by atoms with Gasteiger partial charge < -0.3 is 25.1 Å². The van der Waals surface area contributed by atoms with Gasteiger partial charge in [0.2, 0.25) is 5.91 Å². The SMILES string of the molecule is CC(C)=CCC[C@@H]1C=Cc2c(O)c3c(c(CC=C(C)C)c2O1)O[C@@]12C(=C[C@@H]4C[C@]1(C/C=C(/C)C(N)=O)[C@H]2C(C)(C)OCC4=O)C3=O. The molecule has 0 radical (unpaired) electrons. The molecule has 5 aliphatic rings. The molecular formula is C38H45NO7. The third-order valence-corrected chi connectivity index (χ3v) is 10.5. The molecule has 2 aliphatic carbocycles. The Balaban J connectivity index is 1.56. The van der Waals surface area contributed by atoms with Crippen LogP contribution < -0.4 is 15.2 Å². The molecule has 1 amide bonds. The number of fused-ring (bicyclic) bond motifs is 3.